The third-order valence-electron chi connectivity index (χ3n) is 5.15. The lowest BCUT2D eigenvalue weighted by molar-refractivity contribution is -0.137. The number of benzene rings is 1. The van der Waals surface area contributed by atoms with Crippen molar-refractivity contribution < 1.29 is 9.53 Å². The van der Waals surface area contributed by atoms with Gasteiger partial charge in [0, 0.05) is 24.7 Å². The number of hydrogen-bond acceptors (Lipinski definition) is 4. The molecule has 0 aliphatic heterocycles. The summed E-state index contributed by atoms with van der Waals surface area (Å²) in [5.74, 6) is 6.21. The quantitative estimate of drug-likeness (QED) is 0.131. The maximum atomic E-state index is 11.3. The van der Waals surface area contributed by atoms with Crippen LogP contribution in [-0.4, -0.2) is 19.1 Å². The first-order valence-electron chi connectivity index (χ1n) is 12.0. The molecule has 1 N–H and O–H groups in total. The molecule has 0 saturated carbocycles. The first kappa shape index (κ1) is 25.7. The van der Waals surface area contributed by atoms with Gasteiger partial charge in [-0.1, -0.05) is 75.0 Å². The molecule has 0 aliphatic carbocycles. The Kier molecular flexibility index (Phi) is 13.8. The molecule has 1 aromatic carbocycles. The summed E-state index contributed by atoms with van der Waals surface area (Å²) in [6.07, 6.45) is 16.0. The van der Waals surface area contributed by atoms with Crippen molar-refractivity contribution in [2.24, 2.45) is 0 Å². The molecule has 172 valence electrons. The summed E-state index contributed by atoms with van der Waals surface area (Å²) in [5, 5.41) is 5.55. The van der Waals surface area contributed by atoms with Gasteiger partial charge in [0.25, 0.3) is 0 Å². The summed E-state index contributed by atoms with van der Waals surface area (Å²) in [6.45, 7) is 3.21. The summed E-state index contributed by atoms with van der Waals surface area (Å²) < 4.78 is 4.89. The molecule has 0 amide bonds. The lowest BCUT2D eigenvalue weighted by Crippen LogP contribution is -2.01. The monoisotopic (exact) mass is 451 g/mol. The molecule has 0 radical (unpaired) electrons. The summed E-state index contributed by atoms with van der Waals surface area (Å²) in [5.41, 5.74) is 2.12. The van der Waals surface area contributed by atoms with Crippen LogP contribution in [-0.2, 0) is 9.53 Å². The topological polar surface area (TPSA) is 38.3 Å². The van der Waals surface area contributed by atoms with Crippen LogP contribution in [0.3, 0.4) is 0 Å². The van der Waals surface area contributed by atoms with Crippen molar-refractivity contribution in [3.63, 3.8) is 0 Å². The Morgan fingerprint density at radius 1 is 0.969 bits per heavy atom. The van der Waals surface area contributed by atoms with Crippen molar-refractivity contribution in [1.29, 1.82) is 0 Å². The maximum Gasteiger partial charge on any atom is 0.330 e. The van der Waals surface area contributed by atoms with E-state index in [1.165, 1.54) is 68.7 Å². The van der Waals surface area contributed by atoms with Crippen LogP contribution < -0.4 is 5.32 Å². The van der Waals surface area contributed by atoms with Gasteiger partial charge in [-0.3, -0.25) is 0 Å². The molecule has 0 unspecified atom stereocenters. The Balaban J connectivity index is 1.39. The second-order valence-electron chi connectivity index (χ2n) is 7.85. The molecule has 2 aromatic rings. The third-order valence-corrected chi connectivity index (χ3v) is 5.93. The molecule has 4 heteroatoms. The van der Waals surface area contributed by atoms with Gasteiger partial charge >= 0.3 is 5.97 Å². The standard InChI is InChI=1S/C28H37NO2S/c1-2-31-28(30)22-19-25-17-20-26(21-18-25)29-23-13-11-9-7-5-3-4-6-8-10-12-15-27-16-14-24-32-27/h14,16-22,24,29H,2-11,13,23H2,1H3. The van der Waals surface area contributed by atoms with Gasteiger partial charge in [0.15, 0.2) is 0 Å². The van der Waals surface area contributed by atoms with Crippen LogP contribution in [0.4, 0.5) is 5.69 Å². The van der Waals surface area contributed by atoms with Gasteiger partial charge in [0.05, 0.1) is 11.5 Å². The van der Waals surface area contributed by atoms with Gasteiger partial charge in [0.2, 0.25) is 0 Å². The van der Waals surface area contributed by atoms with Crippen LogP contribution in [0.15, 0.2) is 47.9 Å². The van der Waals surface area contributed by atoms with Crippen LogP contribution in [0.5, 0.6) is 0 Å². The highest BCUT2D eigenvalue weighted by atomic mass is 32.1. The second kappa shape index (κ2) is 17.1. The molecule has 0 atom stereocenters. The van der Waals surface area contributed by atoms with E-state index in [1.807, 2.05) is 12.1 Å². The van der Waals surface area contributed by atoms with Crippen LogP contribution in [0.1, 0.15) is 81.6 Å². The molecule has 1 aromatic heterocycles. The van der Waals surface area contributed by atoms with E-state index in [4.69, 9.17) is 4.74 Å². The molecule has 0 spiro atoms. The lowest BCUT2D eigenvalue weighted by atomic mass is 10.1. The molecular weight excluding hydrogens is 414 g/mol. The molecular formula is C28H37NO2S. The number of nitrogens with one attached hydrogen (secondary N) is 1. The van der Waals surface area contributed by atoms with Gasteiger partial charge in [0.1, 0.15) is 0 Å². The number of anilines is 1. The average Bonchev–Trinajstić information content (AvgIpc) is 3.32. The highest BCUT2D eigenvalue weighted by molar-refractivity contribution is 7.10. The first-order chi connectivity index (χ1) is 15.8. The maximum absolute atomic E-state index is 11.3. The van der Waals surface area contributed by atoms with Crippen LogP contribution >= 0.6 is 11.3 Å². The normalized spacial score (nSPS) is 10.7. The number of carbonyl (C=O) groups is 1. The first-order valence-corrected chi connectivity index (χ1v) is 12.9. The largest absolute Gasteiger partial charge is 0.463 e. The van der Waals surface area contributed by atoms with Gasteiger partial charge in [-0.2, -0.15) is 0 Å². The Hall–Kier alpha value is -2.51. The number of hydrogen-bond donors (Lipinski definition) is 1. The molecule has 3 nitrogen and oxygen atoms in total. The number of carbonyl (C=O) groups excluding carboxylic acids is 1. The van der Waals surface area contributed by atoms with Crippen molar-refractivity contribution in [3.8, 4) is 11.8 Å². The van der Waals surface area contributed by atoms with E-state index in [0.717, 1.165) is 24.2 Å². The fraction of sp³-hybridized carbons (Fsp3) is 0.464. The molecule has 32 heavy (non-hydrogen) atoms. The number of thiophene rings is 1. The second-order valence-corrected chi connectivity index (χ2v) is 8.79. The number of rotatable bonds is 15. The van der Waals surface area contributed by atoms with Crippen LogP contribution in [0.2, 0.25) is 0 Å². The zero-order valence-electron chi connectivity index (χ0n) is 19.4. The van der Waals surface area contributed by atoms with E-state index in [9.17, 15) is 4.79 Å². The van der Waals surface area contributed by atoms with Crippen molar-refractivity contribution in [2.45, 2.75) is 71.1 Å². The highest BCUT2D eigenvalue weighted by Crippen LogP contribution is 2.13. The van der Waals surface area contributed by atoms with E-state index in [1.54, 1.807) is 24.3 Å². The van der Waals surface area contributed by atoms with Gasteiger partial charge in [-0.05, 0) is 55.0 Å². The Morgan fingerprint density at radius 2 is 1.66 bits per heavy atom. The highest BCUT2D eigenvalue weighted by Gasteiger charge is 1.96. The number of ether oxygens (including phenoxy) is 1. The zero-order valence-corrected chi connectivity index (χ0v) is 20.2. The van der Waals surface area contributed by atoms with Crippen molar-refractivity contribution in [1.82, 2.24) is 0 Å². The Bertz CT molecular complexity index is 829. The van der Waals surface area contributed by atoms with E-state index in [2.05, 4.69) is 46.8 Å². The van der Waals surface area contributed by atoms with Crippen LogP contribution in [0.25, 0.3) is 6.08 Å². The summed E-state index contributed by atoms with van der Waals surface area (Å²) in [4.78, 5) is 12.5. The fourth-order valence-electron chi connectivity index (χ4n) is 3.37. The van der Waals surface area contributed by atoms with E-state index < -0.39 is 0 Å². The number of esters is 1. The Morgan fingerprint density at radius 3 is 2.31 bits per heavy atom. The van der Waals surface area contributed by atoms with Gasteiger partial charge in [-0.15, -0.1) is 11.3 Å². The molecule has 0 fully saturated rings. The SMILES string of the molecule is CCOC(=O)C=Cc1ccc(NCCCCCCCCCCCC#Cc2cccs2)cc1. The molecule has 1 heterocycles. The predicted octanol–water partition coefficient (Wildman–Crippen LogP) is 7.69. The predicted molar refractivity (Wildman–Crippen MR) is 138 cm³/mol. The lowest BCUT2D eigenvalue weighted by Gasteiger charge is -2.07. The fourth-order valence-corrected chi connectivity index (χ4v) is 3.97. The zero-order chi connectivity index (χ0) is 22.7. The summed E-state index contributed by atoms with van der Waals surface area (Å²) in [7, 11) is 0. The van der Waals surface area contributed by atoms with Crippen molar-refractivity contribution >= 4 is 29.1 Å². The van der Waals surface area contributed by atoms with Gasteiger partial charge in [-0.25, -0.2) is 4.79 Å². The van der Waals surface area contributed by atoms with E-state index in [0.29, 0.717) is 6.61 Å². The summed E-state index contributed by atoms with van der Waals surface area (Å²) in [6, 6.07) is 12.3. The smallest absolute Gasteiger partial charge is 0.330 e. The molecule has 0 bridgehead atoms. The average molecular weight is 452 g/mol. The minimum atomic E-state index is -0.301. The Labute approximate surface area is 198 Å². The molecule has 0 aliphatic rings. The van der Waals surface area contributed by atoms with E-state index in [-0.39, 0.29) is 5.97 Å². The van der Waals surface area contributed by atoms with Crippen molar-refractivity contribution in [2.75, 3.05) is 18.5 Å². The summed E-state index contributed by atoms with van der Waals surface area (Å²) >= 11 is 1.72. The van der Waals surface area contributed by atoms with Gasteiger partial charge < -0.3 is 10.1 Å². The van der Waals surface area contributed by atoms with Crippen molar-refractivity contribution in [3.05, 3.63) is 58.3 Å². The minimum Gasteiger partial charge on any atom is -0.463 e. The van der Waals surface area contributed by atoms with E-state index >= 15 is 0 Å². The third kappa shape index (κ3) is 12.4. The molecule has 0 saturated heterocycles. The number of unbranched alkanes of at least 4 members (excludes halogenated alkanes) is 9. The van der Waals surface area contributed by atoms with Crippen LogP contribution in [0, 0.1) is 11.8 Å². The molecule has 2 rings (SSSR count). The minimum absolute atomic E-state index is 0.301.